The molecule has 66 valence electrons. The van der Waals surface area contributed by atoms with Gasteiger partial charge in [0, 0.05) is 6.61 Å². The van der Waals surface area contributed by atoms with E-state index in [1.165, 1.54) is 19.3 Å². The van der Waals surface area contributed by atoms with Crippen LogP contribution in [0, 0.1) is 0 Å². The summed E-state index contributed by atoms with van der Waals surface area (Å²) in [5.41, 5.74) is 0. The predicted molar refractivity (Wildman–Crippen MR) is 48.8 cm³/mol. The third-order valence-corrected chi connectivity index (χ3v) is 2.43. The average molecular weight is 165 g/mol. The first kappa shape index (κ1) is 7.87. The van der Waals surface area contributed by atoms with Gasteiger partial charge in [-0.2, -0.15) is 0 Å². The minimum Gasteiger partial charge on any atom is -0.382 e. The van der Waals surface area contributed by atoms with Crippen molar-refractivity contribution in [2.45, 2.75) is 31.4 Å². The highest BCUT2D eigenvalue weighted by Gasteiger charge is 2.21. The fraction of sp³-hybridized carbons (Fsp3) is 0.600. The second-order valence-electron chi connectivity index (χ2n) is 3.34. The number of ether oxygens (including phenoxy) is 1. The van der Waals surface area contributed by atoms with Gasteiger partial charge in [0.25, 0.3) is 0 Å². The summed E-state index contributed by atoms with van der Waals surface area (Å²) in [7, 11) is 0. The largest absolute Gasteiger partial charge is 0.382 e. The maximum Gasteiger partial charge on any atom is 0.0812 e. The smallest absolute Gasteiger partial charge is 0.0812 e. The zero-order valence-electron chi connectivity index (χ0n) is 7.20. The van der Waals surface area contributed by atoms with Crippen molar-refractivity contribution in [2.75, 3.05) is 6.61 Å². The van der Waals surface area contributed by atoms with Crippen molar-refractivity contribution >= 4 is 0 Å². The summed E-state index contributed by atoms with van der Waals surface area (Å²) in [6, 6.07) is 0.398. The molecule has 2 aliphatic heterocycles. The molecule has 0 aromatic carbocycles. The summed E-state index contributed by atoms with van der Waals surface area (Å²) in [6.45, 7) is 0.931. The average Bonchev–Trinajstić information content (AvgIpc) is 2.21. The molecular weight excluding hydrogens is 150 g/mol. The molecule has 12 heavy (non-hydrogen) atoms. The van der Waals surface area contributed by atoms with Gasteiger partial charge in [0.2, 0.25) is 0 Å². The lowest BCUT2D eigenvalue weighted by Gasteiger charge is -2.29. The molecule has 2 unspecified atom stereocenters. The van der Waals surface area contributed by atoms with Crippen LogP contribution in [0.3, 0.4) is 0 Å². The number of rotatable bonds is 1. The molecule has 1 fully saturated rings. The third-order valence-electron chi connectivity index (χ3n) is 2.43. The second kappa shape index (κ2) is 3.76. The maximum absolute atomic E-state index is 5.67. The van der Waals surface area contributed by atoms with Gasteiger partial charge >= 0.3 is 0 Å². The van der Waals surface area contributed by atoms with E-state index in [2.05, 4.69) is 17.5 Å². The van der Waals surface area contributed by atoms with Gasteiger partial charge in [-0.25, -0.2) is 0 Å². The van der Waals surface area contributed by atoms with E-state index in [-0.39, 0.29) is 0 Å². The molecular formula is C10H15NO. The number of allylic oxidation sites excluding steroid dienone is 2. The molecule has 1 N–H and O–H groups in total. The van der Waals surface area contributed by atoms with Gasteiger partial charge in [0.15, 0.2) is 0 Å². The summed E-state index contributed by atoms with van der Waals surface area (Å²) in [5.74, 6) is 0. The van der Waals surface area contributed by atoms with Crippen molar-refractivity contribution in [1.82, 2.24) is 5.32 Å². The number of nitrogens with one attached hydrogen (secondary N) is 1. The lowest BCUT2D eigenvalue weighted by Crippen LogP contribution is -2.39. The van der Waals surface area contributed by atoms with Crippen LogP contribution in [0.2, 0.25) is 0 Å². The van der Waals surface area contributed by atoms with E-state index >= 15 is 0 Å². The molecule has 2 heterocycles. The lowest BCUT2D eigenvalue weighted by molar-refractivity contribution is 0.00438. The predicted octanol–water partition coefficient (Wildman–Crippen LogP) is 1.60. The Morgan fingerprint density at radius 1 is 1.25 bits per heavy atom. The Morgan fingerprint density at radius 3 is 2.92 bits per heavy atom. The Labute approximate surface area is 73.3 Å². The normalized spacial score (nSPS) is 34.7. The van der Waals surface area contributed by atoms with Crippen LogP contribution in [0.5, 0.6) is 0 Å². The molecule has 1 saturated heterocycles. The van der Waals surface area contributed by atoms with Gasteiger partial charge in [-0.1, -0.05) is 12.2 Å². The lowest BCUT2D eigenvalue weighted by atomic mass is 10.0. The molecule has 0 aromatic rings. The Hall–Kier alpha value is -0.760. The molecule has 0 radical (unpaired) electrons. The summed E-state index contributed by atoms with van der Waals surface area (Å²) in [4.78, 5) is 0. The van der Waals surface area contributed by atoms with Gasteiger partial charge in [-0.15, -0.1) is 0 Å². The first-order valence-electron chi connectivity index (χ1n) is 4.68. The Balaban J connectivity index is 1.90. The molecule has 2 atom stereocenters. The fourth-order valence-corrected chi connectivity index (χ4v) is 1.74. The van der Waals surface area contributed by atoms with E-state index in [0.717, 1.165) is 6.61 Å². The second-order valence-corrected chi connectivity index (χ2v) is 3.34. The SMILES string of the molecule is C1=CNC(C2CCCCO2)C=C1. The van der Waals surface area contributed by atoms with E-state index in [1.807, 2.05) is 12.3 Å². The van der Waals surface area contributed by atoms with Crippen molar-refractivity contribution in [3.63, 3.8) is 0 Å². The number of hydrogen-bond donors (Lipinski definition) is 1. The van der Waals surface area contributed by atoms with Gasteiger partial charge in [0.05, 0.1) is 12.1 Å². The van der Waals surface area contributed by atoms with Gasteiger partial charge in [0.1, 0.15) is 0 Å². The van der Waals surface area contributed by atoms with Crippen LogP contribution < -0.4 is 5.32 Å². The van der Waals surface area contributed by atoms with Crippen molar-refractivity contribution in [1.29, 1.82) is 0 Å². The zero-order valence-corrected chi connectivity index (χ0v) is 7.20. The Kier molecular flexibility index (Phi) is 2.47. The molecule has 0 aliphatic carbocycles. The number of hydrogen-bond acceptors (Lipinski definition) is 2. The summed E-state index contributed by atoms with van der Waals surface area (Å²) < 4.78 is 5.67. The maximum atomic E-state index is 5.67. The van der Waals surface area contributed by atoms with Gasteiger partial charge < -0.3 is 10.1 Å². The summed E-state index contributed by atoms with van der Waals surface area (Å²) in [5, 5.41) is 3.30. The highest BCUT2D eigenvalue weighted by atomic mass is 16.5. The van der Waals surface area contributed by atoms with Crippen LogP contribution in [-0.2, 0) is 4.74 Å². The molecule has 0 amide bonds. The molecule has 2 rings (SSSR count). The highest BCUT2D eigenvalue weighted by Crippen LogP contribution is 2.17. The molecule has 0 bridgehead atoms. The van der Waals surface area contributed by atoms with E-state index in [1.54, 1.807) is 0 Å². The molecule has 2 aliphatic rings. The Morgan fingerprint density at radius 2 is 2.25 bits per heavy atom. The van der Waals surface area contributed by atoms with Crippen LogP contribution in [0.1, 0.15) is 19.3 Å². The van der Waals surface area contributed by atoms with Crippen molar-refractivity contribution in [3.05, 3.63) is 24.4 Å². The first-order valence-corrected chi connectivity index (χ1v) is 4.68. The van der Waals surface area contributed by atoms with Crippen molar-refractivity contribution in [3.8, 4) is 0 Å². The van der Waals surface area contributed by atoms with E-state index in [0.29, 0.717) is 12.1 Å². The van der Waals surface area contributed by atoms with Crippen LogP contribution >= 0.6 is 0 Å². The molecule has 0 aromatic heterocycles. The van der Waals surface area contributed by atoms with Crippen molar-refractivity contribution in [2.24, 2.45) is 0 Å². The van der Waals surface area contributed by atoms with Gasteiger partial charge in [-0.3, -0.25) is 0 Å². The molecule has 0 spiro atoms. The third kappa shape index (κ3) is 1.69. The zero-order chi connectivity index (χ0) is 8.23. The van der Waals surface area contributed by atoms with Crippen LogP contribution in [0.4, 0.5) is 0 Å². The first-order chi connectivity index (χ1) is 5.97. The molecule has 2 heteroatoms. The van der Waals surface area contributed by atoms with Gasteiger partial charge in [-0.05, 0) is 31.5 Å². The van der Waals surface area contributed by atoms with E-state index in [9.17, 15) is 0 Å². The highest BCUT2D eigenvalue weighted by molar-refractivity contribution is 5.13. The van der Waals surface area contributed by atoms with Crippen LogP contribution in [0.15, 0.2) is 24.4 Å². The summed E-state index contributed by atoms with van der Waals surface area (Å²) in [6.07, 6.45) is 12.4. The van der Waals surface area contributed by atoms with Crippen molar-refractivity contribution < 1.29 is 4.74 Å². The standard InChI is InChI=1S/C10H15NO/c1-3-7-11-9(5-1)10-6-2-4-8-12-10/h1,3,5,7,9-11H,2,4,6,8H2. The van der Waals surface area contributed by atoms with Crippen LogP contribution in [-0.4, -0.2) is 18.8 Å². The summed E-state index contributed by atoms with van der Waals surface area (Å²) >= 11 is 0. The quantitative estimate of drug-likeness (QED) is 0.637. The minimum absolute atomic E-state index is 0.389. The fourth-order valence-electron chi connectivity index (χ4n) is 1.74. The number of dihydropyridines is 1. The van der Waals surface area contributed by atoms with E-state index in [4.69, 9.17) is 4.74 Å². The Bertz CT molecular complexity index is 192. The molecule has 0 saturated carbocycles. The van der Waals surface area contributed by atoms with Crippen LogP contribution in [0.25, 0.3) is 0 Å². The topological polar surface area (TPSA) is 21.3 Å². The van der Waals surface area contributed by atoms with E-state index < -0.39 is 0 Å². The minimum atomic E-state index is 0.389. The molecule has 2 nitrogen and oxygen atoms in total. The monoisotopic (exact) mass is 165 g/mol.